The first-order chi connectivity index (χ1) is 5.77. The molecule has 0 spiro atoms. The molecular formula is C7H4N4O. The maximum absolute atomic E-state index is 11.4. The number of nitrogens with zero attached hydrogens (tertiary/aromatic N) is 3. The van der Waals surface area contributed by atoms with Gasteiger partial charge in [0.1, 0.15) is 11.3 Å². The van der Waals surface area contributed by atoms with Crippen LogP contribution in [0.4, 0.5) is 5.82 Å². The lowest BCUT2D eigenvalue weighted by Gasteiger charge is -1.91. The molecule has 3 heterocycles. The maximum atomic E-state index is 11.4. The van der Waals surface area contributed by atoms with Crippen LogP contribution in [-0.2, 0) is 0 Å². The summed E-state index contributed by atoms with van der Waals surface area (Å²) in [5.41, 5.74) is 6.98. The Morgan fingerprint density at radius 3 is 3.17 bits per heavy atom. The fraction of sp³-hybridized carbons (Fsp3) is 0. The van der Waals surface area contributed by atoms with Crippen LogP contribution in [0.5, 0.6) is 0 Å². The highest BCUT2D eigenvalue weighted by molar-refractivity contribution is 6.17. The van der Waals surface area contributed by atoms with Crippen molar-refractivity contribution in [2.45, 2.75) is 0 Å². The Bertz CT molecular complexity index is 513. The summed E-state index contributed by atoms with van der Waals surface area (Å²) in [6.45, 7) is 0. The van der Waals surface area contributed by atoms with Crippen LogP contribution in [0.3, 0.4) is 0 Å². The number of hydrogen-bond acceptors (Lipinski definition) is 4. The van der Waals surface area contributed by atoms with Crippen molar-refractivity contribution >= 4 is 17.2 Å². The fourth-order valence-corrected chi connectivity index (χ4v) is 1.42. The molecule has 0 atom stereocenters. The van der Waals surface area contributed by atoms with E-state index in [1.165, 1.54) is 4.52 Å². The van der Waals surface area contributed by atoms with Crippen LogP contribution in [0.15, 0.2) is 12.3 Å². The third-order valence-corrected chi connectivity index (χ3v) is 1.97. The summed E-state index contributed by atoms with van der Waals surface area (Å²) in [5.74, 6) is 0.139. The maximum Gasteiger partial charge on any atom is 0.219 e. The molecule has 0 saturated carbocycles. The molecule has 0 radical (unpaired) electrons. The van der Waals surface area contributed by atoms with E-state index in [9.17, 15) is 4.79 Å². The van der Waals surface area contributed by atoms with Crippen LogP contribution in [0, 0.1) is 0 Å². The smallest absolute Gasteiger partial charge is 0.219 e. The summed E-state index contributed by atoms with van der Waals surface area (Å²) >= 11 is 0. The zero-order valence-corrected chi connectivity index (χ0v) is 5.98. The van der Waals surface area contributed by atoms with Crippen LogP contribution in [-0.4, -0.2) is 20.4 Å². The van der Waals surface area contributed by atoms with Crippen LogP contribution < -0.4 is 5.73 Å². The van der Waals surface area contributed by atoms with Gasteiger partial charge >= 0.3 is 0 Å². The van der Waals surface area contributed by atoms with Gasteiger partial charge in [-0.15, -0.1) is 5.10 Å². The van der Waals surface area contributed by atoms with Gasteiger partial charge in [0.2, 0.25) is 5.78 Å². The quantitative estimate of drug-likeness (QED) is 0.496. The first-order valence-corrected chi connectivity index (χ1v) is 3.47. The molecule has 5 nitrogen and oxygen atoms in total. The molecule has 3 rings (SSSR count). The topological polar surface area (TPSA) is 73.3 Å². The average molecular weight is 160 g/mol. The van der Waals surface area contributed by atoms with E-state index in [2.05, 4.69) is 10.1 Å². The Labute approximate surface area is 66.8 Å². The van der Waals surface area contributed by atoms with Gasteiger partial charge in [0, 0.05) is 6.20 Å². The number of fused-ring (bicyclic) bond motifs is 1. The van der Waals surface area contributed by atoms with Crippen LogP contribution >= 0.6 is 0 Å². The minimum atomic E-state index is -0.123. The second-order valence-corrected chi connectivity index (χ2v) is 2.67. The van der Waals surface area contributed by atoms with E-state index < -0.39 is 0 Å². The Morgan fingerprint density at radius 2 is 2.33 bits per heavy atom. The molecule has 2 bridgehead atoms. The summed E-state index contributed by atoms with van der Waals surface area (Å²) in [5, 5.41) is 3.92. The Balaban J connectivity index is 2.67. The summed E-state index contributed by atoms with van der Waals surface area (Å²) in [6.07, 6.45) is 1.68. The van der Waals surface area contributed by atoms with E-state index in [0.29, 0.717) is 16.9 Å². The highest BCUT2D eigenvalue weighted by atomic mass is 16.1. The van der Waals surface area contributed by atoms with Gasteiger partial charge in [-0.1, -0.05) is 0 Å². The second kappa shape index (κ2) is 1.47. The first-order valence-electron chi connectivity index (χ1n) is 3.47. The zero-order valence-electron chi connectivity index (χ0n) is 5.98. The second-order valence-electron chi connectivity index (χ2n) is 2.67. The number of anilines is 1. The van der Waals surface area contributed by atoms with Gasteiger partial charge in [-0.25, -0.2) is 9.50 Å². The SMILES string of the molecule is Nc1nn2ccc3nc2c1C3=O. The molecule has 0 saturated heterocycles. The number of carbonyl (C=O) groups excluding carboxylic acids is 1. The Hall–Kier alpha value is -1.91. The summed E-state index contributed by atoms with van der Waals surface area (Å²) < 4.78 is 1.51. The number of ketones is 1. The van der Waals surface area contributed by atoms with Crippen molar-refractivity contribution in [1.82, 2.24) is 14.6 Å². The van der Waals surface area contributed by atoms with Gasteiger partial charge in [-0.2, -0.15) is 0 Å². The molecule has 0 aliphatic carbocycles. The standard InChI is InChI=1S/C7H4N4O/c8-6-4-5(12)3-1-2-11(10-6)7(4)9-3/h1-2H,(H2,8,10). The fourth-order valence-electron chi connectivity index (χ4n) is 1.42. The Morgan fingerprint density at radius 1 is 1.50 bits per heavy atom. The molecule has 0 fully saturated rings. The van der Waals surface area contributed by atoms with Gasteiger partial charge in [-0.3, -0.25) is 4.79 Å². The van der Waals surface area contributed by atoms with Crippen LogP contribution in [0.2, 0.25) is 0 Å². The van der Waals surface area contributed by atoms with Crippen molar-refractivity contribution < 1.29 is 4.79 Å². The predicted octanol–water partition coefficient (Wildman–Crippen LogP) is -0.144. The van der Waals surface area contributed by atoms with Crippen LogP contribution in [0.25, 0.3) is 5.65 Å². The van der Waals surface area contributed by atoms with Gasteiger partial charge in [0.15, 0.2) is 11.5 Å². The third-order valence-electron chi connectivity index (χ3n) is 1.97. The first kappa shape index (κ1) is 5.70. The Kier molecular flexibility index (Phi) is 0.701. The van der Waals surface area contributed by atoms with E-state index in [1.54, 1.807) is 12.3 Å². The molecule has 1 aliphatic rings. The van der Waals surface area contributed by atoms with Crippen molar-refractivity contribution in [2.24, 2.45) is 0 Å². The number of aromatic nitrogens is 3. The molecule has 0 unspecified atom stereocenters. The number of carbonyl (C=O) groups is 1. The normalized spacial score (nSPS) is 13.5. The van der Waals surface area contributed by atoms with Crippen molar-refractivity contribution in [3.8, 4) is 0 Å². The zero-order chi connectivity index (χ0) is 8.29. The third kappa shape index (κ3) is 0.421. The molecule has 0 aromatic carbocycles. The predicted molar refractivity (Wildman–Crippen MR) is 40.8 cm³/mol. The van der Waals surface area contributed by atoms with E-state index in [-0.39, 0.29) is 11.6 Å². The highest BCUT2D eigenvalue weighted by Crippen LogP contribution is 2.24. The van der Waals surface area contributed by atoms with E-state index in [0.717, 1.165) is 0 Å². The molecule has 58 valence electrons. The number of nitrogens with two attached hydrogens (primary N) is 1. The van der Waals surface area contributed by atoms with Gasteiger partial charge in [0.25, 0.3) is 0 Å². The lowest BCUT2D eigenvalue weighted by Crippen LogP contribution is -2.01. The van der Waals surface area contributed by atoms with E-state index in [1.807, 2.05) is 0 Å². The van der Waals surface area contributed by atoms with Gasteiger partial charge < -0.3 is 5.73 Å². The molecular weight excluding hydrogens is 156 g/mol. The van der Waals surface area contributed by atoms with Crippen molar-refractivity contribution in [3.05, 3.63) is 23.5 Å². The van der Waals surface area contributed by atoms with Crippen molar-refractivity contribution in [2.75, 3.05) is 5.73 Å². The molecule has 5 heteroatoms. The van der Waals surface area contributed by atoms with E-state index >= 15 is 0 Å². The van der Waals surface area contributed by atoms with Crippen molar-refractivity contribution in [3.63, 3.8) is 0 Å². The lowest BCUT2D eigenvalue weighted by molar-refractivity contribution is 0.104. The molecule has 2 aromatic heterocycles. The minimum absolute atomic E-state index is 0.123. The van der Waals surface area contributed by atoms with Gasteiger partial charge in [-0.05, 0) is 6.07 Å². The number of nitrogen functional groups attached to an aromatic ring is 1. The molecule has 12 heavy (non-hydrogen) atoms. The molecule has 2 aromatic rings. The minimum Gasteiger partial charge on any atom is -0.382 e. The largest absolute Gasteiger partial charge is 0.382 e. The monoisotopic (exact) mass is 160 g/mol. The van der Waals surface area contributed by atoms with E-state index in [4.69, 9.17) is 5.73 Å². The molecule has 1 aliphatic heterocycles. The van der Waals surface area contributed by atoms with Gasteiger partial charge in [0.05, 0.1) is 0 Å². The number of rotatable bonds is 0. The summed E-state index contributed by atoms with van der Waals surface area (Å²) in [7, 11) is 0. The molecule has 2 N–H and O–H groups in total. The summed E-state index contributed by atoms with van der Waals surface area (Å²) in [6, 6.07) is 1.63. The van der Waals surface area contributed by atoms with Crippen LogP contribution in [0.1, 0.15) is 16.1 Å². The lowest BCUT2D eigenvalue weighted by atomic mass is 10.2. The number of hydrogen-bond donors (Lipinski definition) is 1. The molecule has 0 amide bonds. The summed E-state index contributed by atoms with van der Waals surface area (Å²) in [4.78, 5) is 15.5. The van der Waals surface area contributed by atoms with Crippen molar-refractivity contribution in [1.29, 1.82) is 0 Å². The highest BCUT2D eigenvalue weighted by Gasteiger charge is 2.27. The average Bonchev–Trinajstić information content (AvgIpc) is 2.49.